The van der Waals surface area contributed by atoms with Gasteiger partial charge in [-0.05, 0) is 19.9 Å². The molecule has 0 saturated heterocycles. The molecule has 0 aliphatic carbocycles. The first kappa shape index (κ1) is 13.1. The summed E-state index contributed by atoms with van der Waals surface area (Å²) in [5, 5.41) is 4.15. The van der Waals surface area contributed by atoms with Crippen LogP contribution in [0.3, 0.4) is 0 Å². The molecule has 0 aliphatic heterocycles. The van der Waals surface area contributed by atoms with Gasteiger partial charge in [0.25, 0.3) is 10.0 Å². The van der Waals surface area contributed by atoms with E-state index < -0.39 is 10.0 Å². The first-order valence-corrected chi connectivity index (χ1v) is 6.59. The molecule has 0 aliphatic rings. The zero-order valence-corrected chi connectivity index (χ0v) is 10.6. The van der Waals surface area contributed by atoms with Gasteiger partial charge in [0.15, 0.2) is 5.03 Å². The third kappa shape index (κ3) is 2.26. The summed E-state index contributed by atoms with van der Waals surface area (Å²) < 4.78 is 27.1. The molecule has 0 fully saturated rings. The average molecular weight is 246 g/mol. The van der Waals surface area contributed by atoms with Crippen molar-refractivity contribution >= 4 is 10.0 Å². The molecule has 6 nitrogen and oxygen atoms in total. The maximum absolute atomic E-state index is 12.2. The fourth-order valence-corrected chi connectivity index (χ4v) is 2.84. The SMILES string of the molecule is CCn1nccc1S(=O)(=O)N(C)C(C)CN. The lowest BCUT2D eigenvalue weighted by Gasteiger charge is -2.22. The van der Waals surface area contributed by atoms with Crippen molar-refractivity contribution in [1.82, 2.24) is 14.1 Å². The number of sulfonamides is 1. The molecule has 1 atom stereocenters. The van der Waals surface area contributed by atoms with Crippen molar-refractivity contribution in [3.8, 4) is 0 Å². The Morgan fingerprint density at radius 2 is 2.25 bits per heavy atom. The Bertz CT molecular complexity index is 440. The Morgan fingerprint density at radius 3 is 2.75 bits per heavy atom. The van der Waals surface area contributed by atoms with E-state index in [1.54, 1.807) is 6.92 Å². The first-order chi connectivity index (χ1) is 7.45. The monoisotopic (exact) mass is 246 g/mol. The van der Waals surface area contributed by atoms with Gasteiger partial charge in [0.2, 0.25) is 0 Å². The molecule has 1 heterocycles. The highest BCUT2D eigenvalue weighted by Crippen LogP contribution is 2.15. The van der Waals surface area contributed by atoms with E-state index in [1.807, 2.05) is 6.92 Å². The fourth-order valence-electron chi connectivity index (χ4n) is 1.31. The van der Waals surface area contributed by atoms with Gasteiger partial charge in [0.05, 0.1) is 6.20 Å². The van der Waals surface area contributed by atoms with Gasteiger partial charge in [-0.1, -0.05) is 0 Å². The van der Waals surface area contributed by atoms with Crippen molar-refractivity contribution in [3.63, 3.8) is 0 Å². The third-order valence-corrected chi connectivity index (χ3v) is 4.58. The van der Waals surface area contributed by atoms with Crippen molar-refractivity contribution in [2.24, 2.45) is 5.73 Å². The molecule has 2 N–H and O–H groups in total. The summed E-state index contributed by atoms with van der Waals surface area (Å²) in [4.78, 5) is 0. The Labute approximate surface area is 96.1 Å². The van der Waals surface area contributed by atoms with E-state index in [4.69, 9.17) is 5.73 Å². The van der Waals surface area contributed by atoms with E-state index in [9.17, 15) is 8.42 Å². The summed E-state index contributed by atoms with van der Waals surface area (Å²) in [6.07, 6.45) is 1.48. The maximum Gasteiger partial charge on any atom is 0.260 e. The molecule has 1 unspecified atom stereocenters. The van der Waals surface area contributed by atoms with Crippen LogP contribution in [0.5, 0.6) is 0 Å². The maximum atomic E-state index is 12.2. The van der Waals surface area contributed by atoms with Gasteiger partial charge in [-0.3, -0.25) is 4.68 Å². The molecule has 1 aromatic heterocycles. The molecule has 0 aromatic carbocycles. The molecule has 1 aromatic rings. The number of hydrogen-bond donors (Lipinski definition) is 1. The minimum Gasteiger partial charge on any atom is -0.329 e. The van der Waals surface area contributed by atoms with Crippen molar-refractivity contribution in [1.29, 1.82) is 0 Å². The average Bonchev–Trinajstić information content (AvgIpc) is 2.75. The van der Waals surface area contributed by atoms with E-state index in [1.165, 1.54) is 28.3 Å². The molecule has 16 heavy (non-hydrogen) atoms. The lowest BCUT2D eigenvalue weighted by atomic mass is 10.4. The summed E-state index contributed by atoms with van der Waals surface area (Å²) in [7, 11) is -1.97. The number of hydrogen-bond acceptors (Lipinski definition) is 4. The summed E-state index contributed by atoms with van der Waals surface area (Å²) in [6.45, 7) is 4.42. The van der Waals surface area contributed by atoms with Crippen molar-refractivity contribution < 1.29 is 8.42 Å². The van der Waals surface area contributed by atoms with Gasteiger partial charge in [-0.25, -0.2) is 8.42 Å². The molecule has 1 rings (SSSR count). The highest BCUT2D eigenvalue weighted by atomic mass is 32.2. The first-order valence-electron chi connectivity index (χ1n) is 5.15. The summed E-state index contributed by atoms with van der Waals surface area (Å²) in [5.74, 6) is 0. The Kier molecular flexibility index (Phi) is 4.06. The van der Waals surface area contributed by atoms with Crippen LogP contribution in [0.15, 0.2) is 17.3 Å². The van der Waals surface area contributed by atoms with Crippen molar-refractivity contribution in [3.05, 3.63) is 12.3 Å². The number of aromatic nitrogens is 2. The standard InChI is InChI=1S/C9H18N4O2S/c1-4-13-9(5-6-11-13)16(14,15)12(3)8(2)7-10/h5-6,8H,4,7,10H2,1-3H3. The third-order valence-electron chi connectivity index (χ3n) is 2.58. The molecular weight excluding hydrogens is 228 g/mol. The molecular formula is C9H18N4O2S. The predicted octanol–water partition coefficient (Wildman–Crippen LogP) is -0.129. The molecule has 0 bridgehead atoms. The molecule has 0 saturated carbocycles. The second-order valence-electron chi connectivity index (χ2n) is 3.59. The van der Waals surface area contributed by atoms with E-state index >= 15 is 0 Å². The van der Waals surface area contributed by atoms with Gasteiger partial charge in [0.1, 0.15) is 0 Å². The summed E-state index contributed by atoms with van der Waals surface area (Å²) in [5.41, 5.74) is 5.47. The normalized spacial score (nSPS) is 14.3. The molecule has 0 amide bonds. The van der Waals surface area contributed by atoms with Crippen LogP contribution >= 0.6 is 0 Å². The van der Waals surface area contributed by atoms with Crippen LogP contribution in [0.25, 0.3) is 0 Å². The van der Waals surface area contributed by atoms with E-state index in [0.717, 1.165) is 0 Å². The Morgan fingerprint density at radius 1 is 1.62 bits per heavy atom. The highest BCUT2D eigenvalue weighted by molar-refractivity contribution is 7.89. The zero-order chi connectivity index (χ0) is 12.3. The topological polar surface area (TPSA) is 81.2 Å². The number of nitrogens with two attached hydrogens (primary N) is 1. The Balaban J connectivity index is 3.12. The van der Waals surface area contributed by atoms with Crippen LogP contribution in [-0.4, -0.2) is 42.1 Å². The smallest absolute Gasteiger partial charge is 0.260 e. The quantitative estimate of drug-likeness (QED) is 0.784. The second kappa shape index (κ2) is 4.94. The van der Waals surface area contributed by atoms with Crippen LogP contribution in [-0.2, 0) is 16.6 Å². The van der Waals surface area contributed by atoms with Gasteiger partial charge in [-0.15, -0.1) is 0 Å². The van der Waals surface area contributed by atoms with E-state index in [2.05, 4.69) is 5.10 Å². The second-order valence-corrected chi connectivity index (χ2v) is 5.54. The van der Waals surface area contributed by atoms with Gasteiger partial charge in [-0.2, -0.15) is 9.40 Å². The fraction of sp³-hybridized carbons (Fsp3) is 0.667. The van der Waals surface area contributed by atoms with Crippen LogP contribution in [0.2, 0.25) is 0 Å². The van der Waals surface area contributed by atoms with Crippen molar-refractivity contribution in [2.45, 2.75) is 31.5 Å². The van der Waals surface area contributed by atoms with Crippen LogP contribution in [0, 0.1) is 0 Å². The summed E-state index contributed by atoms with van der Waals surface area (Å²) in [6, 6.07) is 1.27. The van der Waals surface area contributed by atoms with Gasteiger partial charge >= 0.3 is 0 Å². The molecule has 0 radical (unpaired) electrons. The number of nitrogens with zero attached hydrogens (tertiary/aromatic N) is 3. The zero-order valence-electron chi connectivity index (χ0n) is 9.79. The van der Waals surface area contributed by atoms with E-state index in [0.29, 0.717) is 6.54 Å². The van der Waals surface area contributed by atoms with Crippen molar-refractivity contribution in [2.75, 3.05) is 13.6 Å². The predicted molar refractivity (Wildman–Crippen MR) is 61.4 cm³/mol. The minimum absolute atomic E-state index is 0.206. The van der Waals surface area contributed by atoms with Crippen LogP contribution < -0.4 is 5.73 Å². The molecule has 0 spiro atoms. The number of likely N-dealkylation sites (N-methyl/N-ethyl adjacent to an activating group) is 1. The molecule has 7 heteroatoms. The largest absolute Gasteiger partial charge is 0.329 e. The molecule has 92 valence electrons. The number of aryl methyl sites for hydroxylation is 1. The number of rotatable bonds is 5. The lowest BCUT2D eigenvalue weighted by molar-refractivity contribution is 0.388. The van der Waals surface area contributed by atoms with Crippen LogP contribution in [0.1, 0.15) is 13.8 Å². The van der Waals surface area contributed by atoms with Gasteiger partial charge in [0, 0.05) is 26.2 Å². The minimum atomic E-state index is -3.50. The lowest BCUT2D eigenvalue weighted by Crippen LogP contribution is -2.40. The van der Waals surface area contributed by atoms with E-state index in [-0.39, 0.29) is 17.6 Å². The van der Waals surface area contributed by atoms with Gasteiger partial charge < -0.3 is 5.73 Å². The van der Waals surface area contributed by atoms with Crippen LogP contribution in [0.4, 0.5) is 0 Å². The highest BCUT2D eigenvalue weighted by Gasteiger charge is 2.27. The Hall–Kier alpha value is -0.920. The summed E-state index contributed by atoms with van der Waals surface area (Å²) >= 11 is 0.